The van der Waals surface area contributed by atoms with E-state index in [1.54, 1.807) is 13.8 Å². The summed E-state index contributed by atoms with van der Waals surface area (Å²) in [5.74, 6) is -5.60. The fraction of sp³-hybridized carbons (Fsp3) is 0.684. The van der Waals surface area contributed by atoms with Crippen molar-refractivity contribution in [2.75, 3.05) is 12.3 Å². The largest absolute Gasteiger partial charge is 0.481 e. The number of hydrogen-bond acceptors (Lipinski definition) is 8. The number of carbonyl (C=O) groups excluding carboxylic acids is 3. The third-order valence-corrected chi connectivity index (χ3v) is 5.27. The number of carboxylic acid groups (broad SMARTS) is 2. The van der Waals surface area contributed by atoms with Crippen molar-refractivity contribution in [2.45, 2.75) is 63.7 Å². The van der Waals surface area contributed by atoms with Gasteiger partial charge < -0.3 is 43.4 Å². The maximum atomic E-state index is 13.0. The van der Waals surface area contributed by atoms with Crippen LogP contribution in [-0.2, 0) is 24.0 Å². The minimum absolute atomic E-state index is 0.0530. The quantitative estimate of drug-likeness (QED) is 0.0456. The molecule has 0 saturated heterocycles. The second kappa shape index (κ2) is 15.7. The molecule has 34 heavy (non-hydrogen) atoms. The van der Waals surface area contributed by atoms with Gasteiger partial charge >= 0.3 is 11.9 Å². The van der Waals surface area contributed by atoms with Crippen LogP contribution >= 0.6 is 12.6 Å². The number of hydrogen-bond donors (Lipinski definition) is 9. The van der Waals surface area contributed by atoms with Crippen LogP contribution in [0.5, 0.6) is 0 Å². The molecule has 194 valence electrons. The number of nitrogens with one attached hydrogen (secondary N) is 3. The Morgan fingerprint density at radius 1 is 0.971 bits per heavy atom. The van der Waals surface area contributed by atoms with Crippen molar-refractivity contribution in [1.82, 2.24) is 16.0 Å². The van der Waals surface area contributed by atoms with Crippen molar-refractivity contribution in [2.24, 2.45) is 28.1 Å². The van der Waals surface area contributed by atoms with E-state index in [1.807, 2.05) is 0 Å². The monoisotopic (exact) mass is 505 g/mol. The summed E-state index contributed by atoms with van der Waals surface area (Å²) in [4.78, 5) is 63.9. The van der Waals surface area contributed by atoms with Crippen LogP contribution in [0.2, 0.25) is 0 Å². The Kier molecular flexibility index (Phi) is 14.3. The molecule has 0 bridgehead atoms. The van der Waals surface area contributed by atoms with Gasteiger partial charge in [-0.1, -0.05) is 20.3 Å². The molecule has 0 spiro atoms. The topological polar surface area (TPSA) is 252 Å². The molecule has 0 aromatic carbocycles. The maximum Gasteiger partial charge on any atom is 0.327 e. The Balaban J connectivity index is 5.59. The van der Waals surface area contributed by atoms with E-state index in [9.17, 15) is 24.0 Å². The minimum Gasteiger partial charge on any atom is -0.481 e. The molecule has 0 aromatic rings. The van der Waals surface area contributed by atoms with Gasteiger partial charge in [-0.2, -0.15) is 12.6 Å². The summed E-state index contributed by atoms with van der Waals surface area (Å²) in [5.41, 5.74) is 16.1. The highest BCUT2D eigenvalue weighted by atomic mass is 32.1. The lowest BCUT2D eigenvalue weighted by Gasteiger charge is -2.28. The highest BCUT2D eigenvalue weighted by molar-refractivity contribution is 7.80. The van der Waals surface area contributed by atoms with Crippen LogP contribution in [0.25, 0.3) is 0 Å². The Labute approximate surface area is 202 Å². The molecule has 0 saturated carbocycles. The van der Waals surface area contributed by atoms with Crippen LogP contribution in [0.15, 0.2) is 4.99 Å². The predicted molar refractivity (Wildman–Crippen MR) is 127 cm³/mol. The maximum absolute atomic E-state index is 13.0. The lowest BCUT2D eigenvalue weighted by Crippen LogP contribution is -2.59. The molecule has 11 N–H and O–H groups in total. The van der Waals surface area contributed by atoms with E-state index in [-0.39, 0.29) is 37.0 Å². The van der Waals surface area contributed by atoms with Crippen LogP contribution in [0.1, 0.15) is 39.5 Å². The summed E-state index contributed by atoms with van der Waals surface area (Å²) in [5, 5.41) is 25.3. The zero-order chi connectivity index (χ0) is 26.4. The number of guanidine groups is 1. The van der Waals surface area contributed by atoms with Gasteiger partial charge in [0.25, 0.3) is 0 Å². The molecule has 0 aliphatic carbocycles. The molecular formula is C19H35N7O7S. The lowest BCUT2D eigenvalue weighted by molar-refractivity contribution is -0.142. The number of nitrogens with two attached hydrogens (primary N) is 3. The first-order valence-corrected chi connectivity index (χ1v) is 11.2. The number of carbonyl (C=O) groups is 5. The van der Waals surface area contributed by atoms with Crippen molar-refractivity contribution < 1.29 is 34.2 Å². The second-order valence-corrected chi connectivity index (χ2v) is 8.03. The van der Waals surface area contributed by atoms with E-state index >= 15 is 0 Å². The molecule has 0 rings (SSSR count). The highest BCUT2D eigenvalue weighted by Gasteiger charge is 2.32. The summed E-state index contributed by atoms with van der Waals surface area (Å²) in [6, 6.07) is -4.95. The standard InChI is InChI=1S/C19H35N7O7S/c1-3-9(2)14(17(31)25-12(8-34)18(32)33)26-16(30)11(5-4-6-23-19(21)22)24-15(29)10(20)7-13(27)28/h9-12,14,34H,3-8,20H2,1-2H3,(H,24,29)(H,25,31)(H,26,30)(H,27,28)(H,32,33)(H4,21,22,23). The van der Waals surface area contributed by atoms with Crippen molar-refractivity contribution in [3.05, 3.63) is 0 Å². The first kappa shape index (κ1) is 30.9. The molecule has 14 nitrogen and oxygen atoms in total. The molecular weight excluding hydrogens is 470 g/mol. The fourth-order valence-corrected chi connectivity index (χ4v) is 2.98. The number of aliphatic imine (C=N–C) groups is 1. The van der Waals surface area contributed by atoms with Gasteiger partial charge in [-0.05, 0) is 18.8 Å². The van der Waals surface area contributed by atoms with Gasteiger partial charge in [0.05, 0.1) is 12.5 Å². The van der Waals surface area contributed by atoms with E-state index < -0.39 is 60.2 Å². The van der Waals surface area contributed by atoms with E-state index in [4.69, 9.17) is 27.4 Å². The molecule has 3 amide bonds. The summed E-state index contributed by atoms with van der Waals surface area (Å²) in [6.45, 7) is 3.63. The van der Waals surface area contributed by atoms with Crippen LogP contribution in [0.3, 0.4) is 0 Å². The summed E-state index contributed by atoms with van der Waals surface area (Å²) >= 11 is 3.91. The Hall–Kier alpha value is -3.07. The van der Waals surface area contributed by atoms with Crippen molar-refractivity contribution >= 4 is 48.2 Å². The Morgan fingerprint density at radius 2 is 1.56 bits per heavy atom. The van der Waals surface area contributed by atoms with E-state index in [0.717, 1.165) is 0 Å². The van der Waals surface area contributed by atoms with Gasteiger partial charge in [0.1, 0.15) is 18.1 Å². The highest BCUT2D eigenvalue weighted by Crippen LogP contribution is 2.10. The van der Waals surface area contributed by atoms with Gasteiger partial charge in [0, 0.05) is 12.3 Å². The minimum atomic E-state index is -1.40. The zero-order valence-electron chi connectivity index (χ0n) is 19.2. The molecule has 0 aliphatic rings. The molecule has 0 heterocycles. The first-order chi connectivity index (χ1) is 15.8. The van der Waals surface area contributed by atoms with Crippen molar-refractivity contribution in [3.63, 3.8) is 0 Å². The van der Waals surface area contributed by atoms with Crippen LogP contribution in [-0.4, -0.2) is 82.3 Å². The third-order valence-electron chi connectivity index (χ3n) is 4.90. The molecule has 5 atom stereocenters. The number of carboxylic acids is 2. The van der Waals surface area contributed by atoms with Crippen LogP contribution < -0.4 is 33.2 Å². The van der Waals surface area contributed by atoms with Crippen molar-refractivity contribution in [1.29, 1.82) is 0 Å². The summed E-state index contributed by atoms with van der Waals surface area (Å²) < 4.78 is 0. The third kappa shape index (κ3) is 11.7. The SMILES string of the molecule is CCC(C)C(NC(=O)C(CCCN=C(N)N)NC(=O)C(N)CC(=O)O)C(=O)NC(CS)C(=O)O. The van der Waals surface area contributed by atoms with Gasteiger partial charge in [-0.15, -0.1) is 0 Å². The van der Waals surface area contributed by atoms with E-state index in [0.29, 0.717) is 6.42 Å². The number of rotatable bonds is 16. The van der Waals surface area contributed by atoms with Crippen molar-refractivity contribution in [3.8, 4) is 0 Å². The molecule has 0 fully saturated rings. The summed E-state index contributed by atoms with van der Waals surface area (Å²) in [7, 11) is 0. The van der Waals surface area contributed by atoms with E-state index in [1.165, 1.54) is 0 Å². The fourth-order valence-electron chi connectivity index (χ4n) is 2.73. The smallest absolute Gasteiger partial charge is 0.327 e. The Morgan fingerprint density at radius 3 is 2.03 bits per heavy atom. The average Bonchev–Trinajstić information content (AvgIpc) is 2.75. The van der Waals surface area contributed by atoms with Crippen LogP contribution in [0.4, 0.5) is 0 Å². The lowest BCUT2D eigenvalue weighted by atomic mass is 9.97. The molecule has 0 aliphatic heterocycles. The van der Waals surface area contributed by atoms with Gasteiger partial charge in [-0.3, -0.25) is 24.2 Å². The number of aliphatic carboxylic acids is 2. The molecule has 0 aromatic heterocycles. The molecule has 0 radical (unpaired) electrons. The van der Waals surface area contributed by atoms with E-state index in [2.05, 4.69) is 33.6 Å². The number of thiol groups is 1. The average molecular weight is 506 g/mol. The van der Waals surface area contributed by atoms with Gasteiger partial charge in [-0.25, -0.2) is 4.79 Å². The predicted octanol–water partition coefficient (Wildman–Crippen LogP) is -2.64. The Bertz CT molecular complexity index is 761. The van der Waals surface area contributed by atoms with Crippen LogP contribution in [0, 0.1) is 5.92 Å². The second-order valence-electron chi connectivity index (χ2n) is 7.67. The normalized spacial score (nSPS) is 15.1. The first-order valence-electron chi connectivity index (χ1n) is 10.6. The van der Waals surface area contributed by atoms with Gasteiger partial charge in [0.15, 0.2) is 5.96 Å². The number of nitrogens with zero attached hydrogens (tertiary/aromatic N) is 1. The molecule has 5 unspecified atom stereocenters. The summed E-state index contributed by atoms with van der Waals surface area (Å²) in [6.07, 6.45) is 0.150. The molecule has 15 heteroatoms. The zero-order valence-corrected chi connectivity index (χ0v) is 20.1. The van der Waals surface area contributed by atoms with Gasteiger partial charge in [0.2, 0.25) is 17.7 Å². The number of amides is 3.